The maximum Gasteiger partial charge on any atom is 0.306 e. The van der Waals surface area contributed by atoms with Crippen LogP contribution in [0.25, 0.3) is 0 Å². The van der Waals surface area contributed by atoms with Crippen molar-refractivity contribution >= 4 is 33.5 Å². The van der Waals surface area contributed by atoms with Gasteiger partial charge in [0.15, 0.2) is 0 Å². The van der Waals surface area contributed by atoms with Crippen molar-refractivity contribution in [2.75, 3.05) is 20.2 Å². The molecule has 0 amide bonds. The zero-order valence-corrected chi connectivity index (χ0v) is 12.9. The lowest BCUT2D eigenvalue weighted by Gasteiger charge is -2.20. The molecule has 0 unspecified atom stereocenters. The summed E-state index contributed by atoms with van der Waals surface area (Å²) in [6.45, 7) is 4.34. The molecule has 0 fully saturated rings. The predicted molar refractivity (Wildman–Crippen MR) is 76.7 cm³/mol. The van der Waals surface area contributed by atoms with Crippen LogP contribution in [0.2, 0.25) is 5.02 Å². The van der Waals surface area contributed by atoms with E-state index in [0.29, 0.717) is 13.0 Å². The molecule has 0 aromatic heterocycles. The molecule has 0 bridgehead atoms. The van der Waals surface area contributed by atoms with E-state index in [2.05, 4.69) is 32.5 Å². The van der Waals surface area contributed by atoms with Crippen LogP contribution in [0, 0.1) is 0 Å². The van der Waals surface area contributed by atoms with Crippen LogP contribution in [0.3, 0.4) is 0 Å². The Morgan fingerprint density at radius 1 is 1.50 bits per heavy atom. The van der Waals surface area contributed by atoms with E-state index in [0.717, 1.165) is 28.1 Å². The highest BCUT2D eigenvalue weighted by atomic mass is 79.9. The highest BCUT2D eigenvalue weighted by Gasteiger charge is 2.09. The van der Waals surface area contributed by atoms with Crippen molar-refractivity contribution in [2.24, 2.45) is 0 Å². The second kappa shape index (κ2) is 7.77. The molecule has 0 saturated carbocycles. The van der Waals surface area contributed by atoms with Gasteiger partial charge in [-0.05, 0) is 24.2 Å². The summed E-state index contributed by atoms with van der Waals surface area (Å²) in [5.41, 5.74) is 1.06. The Kier molecular flexibility index (Phi) is 6.68. The highest BCUT2D eigenvalue weighted by molar-refractivity contribution is 9.10. The summed E-state index contributed by atoms with van der Waals surface area (Å²) in [4.78, 5) is 13.3. The molecule has 0 spiro atoms. The summed E-state index contributed by atoms with van der Waals surface area (Å²) in [6.07, 6.45) is 0.401. The van der Waals surface area contributed by atoms with E-state index in [9.17, 15) is 4.79 Å². The van der Waals surface area contributed by atoms with Gasteiger partial charge in [0.25, 0.3) is 0 Å². The molecule has 0 N–H and O–H groups in total. The Morgan fingerprint density at radius 3 is 2.78 bits per heavy atom. The smallest absolute Gasteiger partial charge is 0.306 e. The average Bonchev–Trinajstić information content (AvgIpc) is 2.36. The van der Waals surface area contributed by atoms with Crippen molar-refractivity contribution in [3.8, 4) is 0 Å². The summed E-state index contributed by atoms with van der Waals surface area (Å²) in [6, 6.07) is 5.84. The number of nitrogens with zero attached hydrogens (tertiary/aromatic N) is 1. The summed E-state index contributed by atoms with van der Waals surface area (Å²) < 4.78 is 5.60. The summed E-state index contributed by atoms with van der Waals surface area (Å²) in [7, 11) is 1.41. The zero-order valence-electron chi connectivity index (χ0n) is 10.6. The fourth-order valence-corrected chi connectivity index (χ4v) is 2.32. The van der Waals surface area contributed by atoms with Gasteiger partial charge in [-0.3, -0.25) is 9.69 Å². The van der Waals surface area contributed by atoms with Crippen molar-refractivity contribution in [1.29, 1.82) is 0 Å². The van der Waals surface area contributed by atoms with Crippen molar-refractivity contribution in [3.63, 3.8) is 0 Å². The first-order valence-corrected chi connectivity index (χ1v) is 6.97. The normalized spacial score (nSPS) is 10.7. The molecule has 0 aliphatic heterocycles. The number of ether oxygens (including phenoxy) is 1. The molecule has 0 saturated heterocycles. The third kappa shape index (κ3) is 4.96. The summed E-state index contributed by atoms with van der Waals surface area (Å²) >= 11 is 9.55. The van der Waals surface area contributed by atoms with Gasteiger partial charge in [0.1, 0.15) is 0 Å². The fraction of sp³-hybridized carbons (Fsp3) is 0.462. The van der Waals surface area contributed by atoms with Gasteiger partial charge in [0, 0.05) is 22.6 Å². The quantitative estimate of drug-likeness (QED) is 0.746. The van der Waals surface area contributed by atoms with Gasteiger partial charge in [-0.1, -0.05) is 40.5 Å². The number of hydrogen-bond donors (Lipinski definition) is 0. The standard InChI is InChI=1S/C13H17BrClNO2/c1-3-16(7-6-13(17)18-2)9-10-4-5-11(14)8-12(10)15/h4-5,8H,3,6-7,9H2,1-2H3. The molecule has 1 aromatic rings. The second-order valence-electron chi connectivity index (χ2n) is 3.93. The minimum atomic E-state index is -0.185. The molecule has 1 rings (SSSR count). The zero-order chi connectivity index (χ0) is 13.5. The molecular formula is C13H17BrClNO2. The van der Waals surface area contributed by atoms with E-state index in [-0.39, 0.29) is 5.97 Å². The third-order valence-electron chi connectivity index (χ3n) is 2.72. The van der Waals surface area contributed by atoms with Crippen LogP contribution in [0.5, 0.6) is 0 Å². The summed E-state index contributed by atoms with van der Waals surface area (Å²) in [5, 5.41) is 0.737. The van der Waals surface area contributed by atoms with Gasteiger partial charge in [-0.25, -0.2) is 0 Å². The number of esters is 1. The molecule has 18 heavy (non-hydrogen) atoms. The molecule has 0 atom stereocenters. The van der Waals surface area contributed by atoms with E-state index in [4.69, 9.17) is 11.6 Å². The number of methoxy groups -OCH3 is 1. The SMILES string of the molecule is CCN(CCC(=O)OC)Cc1ccc(Br)cc1Cl. The molecular weight excluding hydrogens is 318 g/mol. The van der Waals surface area contributed by atoms with Crippen LogP contribution in [-0.4, -0.2) is 31.1 Å². The molecule has 0 aliphatic carbocycles. The number of benzene rings is 1. The van der Waals surface area contributed by atoms with E-state index < -0.39 is 0 Å². The lowest BCUT2D eigenvalue weighted by atomic mass is 10.2. The maximum atomic E-state index is 11.1. The number of halogens is 2. The molecule has 1 aromatic carbocycles. The fourth-order valence-electron chi connectivity index (χ4n) is 1.59. The molecule has 0 radical (unpaired) electrons. The Hall–Kier alpha value is -0.580. The molecule has 0 aliphatic rings. The van der Waals surface area contributed by atoms with Crippen molar-refractivity contribution in [3.05, 3.63) is 33.3 Å². The lowest BCUT2D eigenvalue weighted by molar-refractivity contribution is -0.141. The summed E-state index contributed by atoms with van der Waals surface area (Å²) in [5.74, 6) is -0.185. The second-order valence-corrected chi connectivity index (χ2v) is 5.25. The monoisotopic (exact) mass is 333 g/mol. The minimum absolute atomic E-state index is 0.185. The minimum Gasteiger partial charge on any atom is -0.469 e. The van der Waals surface area contributed by atoms with E-state index >= 15 is 0 Å². The third-order valence-corrected chi connectivity index (χ3v) is 3.56. The predicted octanol–water partition coefficient (Wildman–Crippen LogP) is 3.49. The first-order valence-electron chi connectivity index (χ1n) is 5.80. The maximum absolute atomic E-state index is 11.1. The van der Waals surface area contributed by atoms with Crippen molar-refractivity contribution in [2.45, 2.75) is 19.9 Å². The van der Waals surface area contributed by atoms with Gasteiger partial charge in [0.05, 0.1) is 13.5 Å². The Labute approximate surface area is 121 Å². The number of carbonyl (C=O) groups is 1. The Bertz CT molecular complexity index is 412. The van der Waals surface area contributed by atoms with E-state index in [1.807, 2.05) is 18.2 Å². The van der Waals surface area contributed by atoms with Crippen LogP contribution in [0.1, 0.15) is 18.9 Å². The van der Waals surface area contributed by atoms with E-state index in [1.165, 1.54) is 7.11 Å². The number of hydrogen-bond acceptors (Lipinski definition) is 3. The van der Waals surface area contributed by atoms with Gasteiger partial charge in [0.2, 0.25) is 0 Å². The first kappa shape index (κ1) is 15.5. The van der Waals surface area contributed by atoms with Crippen LogP contribution >= 0.6 is 27.5 Å². The molecule has 0 heterocycles. The average molecular weight is 335 g/mol. The van der Waals surface area contributed by atoms with Crippen LogP contribution in [0.15, 0.2) is 22.7 Å². The Morgan fingerprint density at radius 2 is 2.22 bits per heavy atom. The van der Waals surface area contributed by atoms with Crippen molar-refractivity contribution in [1.82, 2.24) is 4.90 Å². The van der Waals surface area contributed by atoms with Crippen molar-refractivity contribution < 1.29 is 9.53 Å². The molecule has 100 valence electrons. The number of carbonyl (C=O) groups excluding carboxylic acids is 1. The molecule has 3 nitrogen and oxygen atoms in total. The molecule has 5 heteroatoms. The lowest BCUT2D eigenvalue weighted by Crippen LogP contribution is -2.26. The van der Waals surface area contributed by atoms with Crippen LogP contribution < -0.4 is 0 Å². The van der Waals surface area contributed by atoms with E-state index in [1.54, 1.807) is 0 Å². The van der Waals surface area contributed by atoms with Crippen LogP contribution in [0.4, 0.5) is 0 Å². The van der Waals surface area contributed by atoms with Gasteiger partial charge in [-0.15, -0.1) is 0 Å². The first-order chi connectivity index (χ1) is 8.56. The van der Waals surface area contributed by atoms with Crippen LogP contribution in [-0.2, 0) is 16.1 Å². The van der Waals surface area contributed by atoms with Gasteiger partial charge >= 0.3 is 5.97 Å². The topological polar surface area (TPSA) is 29.5 Å². The number of rotatable bonds is 6. The van der Waals surface area contributed by atoms with Gasteiger partial charge < -0.3 is 4.74 Å². The highest BCUT2D eigenvalue weighted by Crippen LogP contribution is 2.22. The Balaban J connectivity index is 2.59. The largest absolute Gasteiger partial charge is 0.469 e. The van der Waals surface area contributed by atoms with Gasteiger partial charge in [-0.2, -0.15) is 0 Å².